The van der Waals surface area contributed by atoms with E-state index in [1.165, 1.54) is 6.21 Å². The Morgan fingerprint density at radius 3 is 2.52 bits per heavy atom. The van der Waals surface area contributed by atoms with Crippen LogP contribution in [0.5, 0.6) is 0 Å². The lowest BCUT2D eigenvalue weighted by atomic mass is 9.89. The second-order valence-corrected chi connectivity index (χ2v) is 5.54. The van der Waals surface area contributed by atoms with Gasteiger partial charge in [0, 0.05) is 23.7 Å². The van der Waals surface area contributed by atoms with Crippen molar-refractivity contribution in [2.75, 3.05) is 5.73 Å². The minimum Gasteiger partial charge on any atom is -0.398 e. The highest BCUT2D eigenvalue weighted by molar-refractivity contribution is 6.11. The molecule has 25 heavy (non-hydrogen) atoms. The van der Waals surface area contributed by atoms with Crippen LogP contribution in [0.3, 0.4) is 0 Å². The first-order chi connectivity index (χ1) is 12.0. The monoisotopic (exact) mass is 333 g/mol. The van der Waals surface area contributed by atoms with E-state index in [9.17, 15) is 0 Å². The number of nitrogens with one attached hydrogen (secondary N) is 1. The predicted octanol–water partition coefficient (Wildman–Crippen LogP) is 5.72. The second kappa shape index (κ2) is 10.0. The maximum absolute atomic E-state index is 7.74. The third-order valence-electron chi connectivity index (χ3n) is 3.97. The second-order valence-electron chi connectivity index (χ2n) is 5.54. The zero-order valence-corrected chi connectivity index (χ0v) is 15.3. The number of nitrogen functional groups attached to an aromatic ring is 1. The van der Waals surface area contributed by atoms with Crippen LogP contribution in [0.1, 0.15) is 38.3 Å². The lowest BCUT2D eigenvalue weighted by Gasteiger charge is -2.16. The van der Waals surface area contributed by atoms with Crippen molar-refractivity contribution in [2.45, 2.75) is 27.2 Å². The van der Waals surface area contributed by atoms with Crippen molar-refractivity contribution < 1.29 is 0 Å². The number of nitrogens with zero attached hydrogens (tertiary/aromatic N) is 1. The molecule has 0 saturated heterocycles. The summed E-state index contributed by atoms with van der Waals surface area (Å²) in [5, 5.41) is 7.74. The molecule has 0 aliphatic rings. The Balaban J connectivity index is 3.67. The van der Waals surface area contributed by atoms with E-state index in [4.69, 9.17) is 11.1 Å². The van der Waals surface area contributed by atoms with Crippen molar-refractivity contribution in [1.82, 2.24) is 0 Å². The molecule has 0 unspecified atom stereocenters. The molecule has 0 aliphatic heterocycles. The molecule has 3 N–H and O–H groups in total. The predicted molar refractivity (Wildman–Crippen MR) is 112 cm³/mol. The van der Waals surface area contributed by atoms with Crippen LogP contribution in [0, 0.1) is 5.41 Å². The fourth-order valence-electron chi connectivity index (χ4n) is 2.56. The van der Waals surface area contributed by atoms with Gasteiger partial charge in [0.1, 0.15) is 0 Å². The van der Waals surface area contributed by atoms with Crippen LogP contribution in [-0.4, -0.2) is 11.9 Å². The van der Waals surface area contributed by atoms with Gasteiger partial charge in [0.15, 0.2) is 0 Å². The average Bonchev–Trinajstić information content (AvgIpc) is 2.61. The van der Waals surface area contributed by atoms with Gasteiger partial charge in [-0.25, -0.2) is 0 Å². The highest BCUT2D eigenvalue weighted by Crippen LogP contribution is 2.31. The minimum atomic E-state index is 0.593. The standard InChI is InChI=1S/C22H27N3/c1-6-9-12-18(19-13-10-14-21(24)20(19)15-23)16(4)17(5)22(11-7-2)25-8-3/h6-8,10-15,23H,1,3,9,24H2,2,4-5H3/b11-7-,17-16+,18-12+,23-15?,25-22?. The van der Waals surface area contributed by atoms with E-state index in [-0.39, 0.29) is 0 Å². The van der Waals surface area contributed by atoms with Crippen LogP contribution < -0.4 is 5.73 Å². The van der Waals surface area contributed by atoms with E-state index >= 15 is 0 Å². The molecular weight excluding hydrogens is 306 g/mol. The van der Waals surface area contributed by atoms with Crippen LogP contribution in [-0.2, 0) is 0 Å². The zero-order chi connectivity index (χ0) is 18.8. The maximum atomic E-state index is 7.74. The Hall–Kier alpha value is -2.94. The van der Waals surface area contributed by atoms with E-state index in [1.54, 1.807) is 6.20 Å². The number of rotatable bonds is 8. The summed E-state index contributed by atoms with van der Waals surface area (Å²) in [6, 6.07) is 5.71. The molecule has 0 spiro atoms. The Labute approximate surface area is 151 Å². The quantitative estimate of drug-likeness (QED) is 0.272. The average molecular weight is 333 g/mol. The van der Waals surface area contributed by atoms with Crippen LogP contribution in [0.4, 0.5) is 5.69 Å². The van der Waals surface area contributed by atoms with E-state index in [0.29, 0.717) is 5.69 Å². The molecule has 3 nitrogen and oxygen atoms in total. The van der Waals surface area contributed by atoms with E-state index in [2.05, 4.69) is 31.2 Å². The summed E-state index contributed by atoms with van der Waals surface area (Å²) in [5.74, 6) is 0. The molecule has 0 amide bonds. The molecule has 0 radical (unpaired) electrons. The van der Waals surface area contributed by atoms with Gasteiger partial charge in [-0.15, -0.1) is 6.58 Å². The number of aliphatic imine (C=N–C) groups is 1. The first-order valence-corrected chi connectivity index (χ1v) is 8.21. The number of hydrogen-bond donors (Lipinski definition) is 2. The molecule has 0 fully saturated rings. The van der Waals surface area contributed by atoms with Crippen LogP contribution in [0.25, 0.3) is 5.57 Å². The summed E-state index contributed by atoms with van der Waals surface area (Å²) in [5.41, 5.74) is 12.3. The van der Waals surface area contributed by atoms with Gasteiger partial charge in [-0.05, 0) is 61.6 Å². The summed E-state index contributed by atoms with van der Waals surface area (Å²) in [7, 11) is 0. The Kier molecular flexibility index (Phi) is 8.07. The lowest BCUT2D eigenvalue weighted by molar-refractivity contribution is 1.34. The third kappa shape index (κ3) is 5.01. The van der Waals surface area contributed by atoms with E-state index in [0.717, 1.165) is 40.0 Å². The molecule has 130 valence electrons. The smallest absolute Gasteiger partial charge is 0.0658 e. The molecule has 0 aliphatic carbocycles. The Morgan fingerprint density at radius 1 is 1.24 bits per heavy atom. The fraction of sp³-hybridized carbons (Fsp3) is 0.182. The van der Waals surface area contributed by atoms with Crippen molar-refractivity contribution in [3.8, 4) is 0 Å². The number of hydrogen-bond acceptors (Lipinski definition) is 3. The molecule has 1 aromatic rings. The maximum Gasteiger partial charge on any atom is 0.0658 e. The molecule has 0 saturated carbocycles. The Morgan fingerprint density at radius 2 is 1.96 bits per heavy atom. The SMILES string of the molecule is C=CC/C=C(\C(C)=C(/C)C(/C=C\C)=NC=C)c1cccc(N)c1C=N. The summed E-state index contributed by atoms with van der Waals surface area (Å²) in [6.07, 6.45) is 11.4. The molecular formula is C22H27N3. The normalized spacial score (nSPS) is 13.6. The lowest BCUT2D eigenvalue weighted by Crippen LogP contribution is -2.04. The van der Waals surface area contributed by atoms with Crippen LogP contribution >= 0.6 is 0 Å². The largest absolute Gasteiger partial charge is 0.398 e. The number of benzene rings is 1. The van der Waals surface area contributed by atoms with Crippen LogP contribution in [0.15, 0.2) is 78.0 Å². The van der Waals surface area contributed by atoms with Gasteiger partial charge in [-0.3, -0.25) is 4.99 Å². The van der Waals surface area contributed by atoms with Gasteiger partial charge >= 0.3 is 0 Å². The fourth-order valence-corrected chi connectivity index (χ4v) is 2.56. The van der Waals surface area contributed by atoms with Gasteiger partial charge in [0.05, 0.1) is 5.71 Å². The van der Waals surface area contributed by atoms with Crippen molar-refractivity contribution in [3.05, 3.63) is 84.1 Å². The number of nitrogens with two attached hydrogens (primary N) is 1. The molecule has 0 aromatic heterocycles. The van der Waals surface area contributed by atoms with Gasteiger partial charge < -0.3 is 11.1 Å². The van der Waals surface area contributed by atoms with Gasteiger partial charge in [0.25, 0.3) is 0 Å². The molecule has 0 bridgehead atoms. The van der Waals surface area contributed by atoms with Crippen molar-refractivity contribution in [1.29, 1.82) is 5.41 Å². The summed E-state index contributed by atoms with van der Waals surface area (Å²) < 4.78 is 0. The number of allylic oxidation sites excluding steroid dienone is 7. The van der Waals surface area contributed by atoms with Gasteiger partial charge in [0.2, 0.25) is 0 Å². The first-order valence-electron chi connectivity index (χ1n) is 8.21. The zero-order valence-electron chi connectivity index (χ0n) is 15.3. The first kappa shape index (κ1) is 20.1. The summed E-state index contributed by atoms with van der Waals surface area (Å²) in [4.78, 5) is 4.37. The topological polar surface area (TPSA) is 62.2 Å². The van der Waals surface area contributed by atoms with Gasteiger partial charge in [-0.1, -0.05) is 36.9 Å². The van der Waals surface area contributed by atoms with E-state index < -0.39 is 0 Å². The van der Waals surface area contributed by atoms with Crippen molar-refractivity contribution in [3.63, 3.8) is 0 Å². The molecule has 0 atom stereocenters. The summed E-state index contributed by atoms with van der Waals surface area (Å²) in [6.45, 7) is 13.6. The third-order valence-corrected chi connectivity index (χ3v) is 3.97. The molecule has 1 rings (SSSR count). The number of anilines is 1. The van der Waals surface area contributed by atoms with Crippen LogP contribution in [0.2, 0.25) is 0 Å². The molecule has 0 heterocycles. The Bertz CT molecular complexity index is 774. The summed E-state index contributed by atoms with van der Waals surface area (Å²) >= 11 is 0. The molecule has 1 aromatic carbocycles. The van der Waals surface area contributed by atoms with Gasteiger partial charge in [-0.2, -0.15) is 0 Å². The van der Waals surface area contributed by atoms with Crippen molar-refractivity contribution in [2.24, 2.45) is 4.99 Å². The van der Waals surface area contributed by atoms with Crippen molar-refractivity contribution >= 4 is 23.2 Å². The minimum absolute atomic E-state index is 0.593. The highest BCUT2D eigenvalue weighted by Gasteiger charge is 2.13. The molecule has 3 heteroatoms. The highest BCUT2D eigenvalue weighted by atomic mass is 14.7. The van der Waals surface area contributed by atoms with E-state index in [1.807, 2.05) is 50.3 Å².